The molecule has 0 fully saturated rings. The van der Waals surface area contributed by atoms with E-state index in [1.54, 1.807) is 52.0 Å². The quantitative estimate of drug-likeness (QED) is 0.816. The van der Waals surface area contributed by atoms with E-state index in [0.29, 0.717) is 28.1 Å². The molecule has 0 saturated carbocycles. The highest BCUT2D eigenvalue weighted by molar-refractivity contribution is 5.97. The van der Waals surface area contributed by atoms with Crippen molar-refractivity contribution in [3.05, 3.63) is 41.3 Å². The van der Waals surface area contributed by atoms with Crippen LogP contribution in [0.3, 0.4) is 0 Å². The van der Waals surface area contributed by atoms with Gasteiger partial charge in [0.25, 0.3) is 0 Å². The molecule has 0 aliphatic carbocycles. The van der Waals surface area contributed by atoms with Gasteiger partial charge in [-0.05, 0) is 33.8 Å². The van der Waals surface area contributed by atoms with Crippen LogP contribution in [-0.2, 0) is 14.3 Å². The monoisotopic (exact) mass is 360 g/mol. The molecule has 1 aromatic carbocycles. The van der Waals surface area contributed by atoms with Crippen LogP contribution in [0.25, 0.3) is 11.1 Å². The number of hydrogen-bond acceptors (Lipinski definition) is 7. The lowest BCUT2D eigenvalue weighted by Crippen LogP contribution is -2.26. The van der Waals surface area contributed by atoms with Gasteiger partial charge in [0.15, 0.2) is 5.76 Å². The fourth-order valence-electron chi connectivity index (χ4n) is 2.61. The highest BCUT2D eigenvalue weighted by atomic mass is 16.6. The third kappa shape index (κ3) is 4.49. The number of carbonyl (C=O) groups excluding carboxylic acids is 2. The number of nitrogens with two attached hydrogens (primary N) is 1. The number of benzene rings is 1. The van der Waals surface area contributed by atoms with Crippen molar-refractivity contribution in [2.24, 2.45) is 5.73 Å². The van der Waals surface area contributed by atoms with E-state index in [0.717, 1.165) is 0 Å². The molecule has 0 spiro atoms. The molecule has 7 heteroatoms. The molecule has 0 bridgehead atoms. The molecule has 7 nitrogen and oxygen atoms in total. The molecule has 2 aromatic rings. The van der Waals surface area contributed by atoms with Crippen LogP contribution in [-0.4, -0.2) is 29.8 Å². The second-order valence-corrected chi connectivity index (χ2v) is 6.94. The van der Waals surface area contributed by atoms with Crippen molar-refractivity contribution in [2.45, 2.75) is 45.8 Å². The summed E-state index contributed by atoms with van der Waals surface area (Å²) in [6.07, 6.45) is -0.0701. The molecule has 0 radical (unpaired) electrons. The largest absolute Gasteiger partial charge is 0.465 e. The van der Waals surface area contributed by atoms with Gasteiger partial charge in [-0.3, -0.25) is 4.79 Å². The summed E-state index contributed by atoms with van der Waals surface area (Å²) < 4.78 is 15.5. The first-order valence-corrected chi connectivity index (χ1v) is 8.25. The predicted molar refractivity (Wildman–Crippen MR) is 95.4 cm³/mol. The topological polar surface area (TPSA) is 105 Å². The fourth-order valence-corrected chi connectivity index (χ4v) is 2.61. The third-order valence-corrected chi connectivity index (χ3v) is 3.63. The van der Waals surface area contributed by atoms with Crippen LogP contribution >= 0.6 is 0 Å². The first-order chi connectivity index (χ1) is 12.1. The van der Waals surface area contributed by atoms with Crippen LogP contribution in [0.15, 0.2) is 28.8 Å². The van der Waals surface area contributed by atoms with E-state index < -0.39 is 23.6 Å². The van der Waals surface area contributed by atoms with Crippen LogP contribution in [0.5, 0.6) is 0 Å². The third-order valence-electron chi connectivity index (χ3n) is 3.63. The first-order valence-electron chi connectivity index (χ1n) is 8.25. The summed E-state index contributed by atoms with van der Waals surface area (Å²) in [6.45, 7) is 7.10. The van der Waals surface area contributed by atoms with Crippen LogP contribution in [0.4, 0.5) is 0 Å². The molecule has 1 atom stereocenters. The Kier molecular flexibility index (Phi) is 5.82. The number of ether oxygens (including phenoxy) is 2. The Morgan fingerprint density at radius 1 is 1.27 bits per heavy atom. The maximum Gasteiger partial charge on any atom is 0.338 e. The van der Waals surface area contributed by atoms with E-state index in [9.17, 15) is 9.59 Å². The lowest BCUT2D eigenvalue weighted by Gasteiger charge is -2.20. The second-order valence-electron chi connectivity index (χ2n) is 6.94. The van der Waals surface area contributed by atoms with E-state index in [-0.39, 0.29) is 6.42 Å². The number of hydrogen-bond donors (Lipinski definition) is 1. The first kappa shape index (κ1) is 19.7. The Balaban J connectivity index is 2.38. The second kappa shape index (κ2) is 7.70. The molecule has 1 heterocycles. The Morgan fingerprint density at radius 3 is 2.54 bits per heavy atom. The predicted octanol–water partition coefficient (Wildman–Crippen LogP) is 3.17. The van der Waals surface area contributed by atoms with Gasteiger partial charge in [-0.15, -0.1) is 0 Å². The van der Waals surface area contributed by atoms with Gasteiger partial charge in [-0.1, -0.05) is 23.4 Å². The van der Waals surface area contributed by atoms with Crippen molar-refractivity contribution in [1.82, 2.24) is 5.16 Å². The summed E-state index contributed by atoms with van der Waals surface area (Å²) in [6, 6.07) is 6.18. The van der Waals surface area contributed by atoms with Crippen LogP contribution < -0.4 is 5.73 Å². The number of nitrogens with zero attached hydrogens (tertiary/aromatic N) is 1. The van der Waals surface area contributed by atoms with Crippen molar-refractivity contribution in [3.8, 4) is 11.1 Å². The Hall–Kier alpha value is -2.67. The van der Waals surface area contributed by atoms with Crippen molar-refractivity contribution < 1.29 is 23.6 Å². The Morgan fingerprint density at radius 2 is 1.92 bits per heavy atom. The molecule has 0 aliphatic rings. The molecule has 2 rings (SSSR count). The summed E-state index contributed by atoms with van der Waals surface area (Å²) in [4.78, 5) is 24.2. The minimum Gasteiger partial charge on any atom is -0.465 e. The summed E-state index contributed by atoms with van der Waals surface area (Å²) in [7, 11) is 1.31. The van der Waals surface area contributed by atoms with Gasteiger partial charge in [0.05, 0.1) is 36.4 Å². The average Bonchev–Trinajstić information content (AvgIpc) is 2.93. The Bertz CT molecular complexity index is 805. The van der Waals surface area contributed by atoms with E-state index >= 15 is 0 Å². The molecular weight excluding hydrogens is 336 g/mol. The van der Waals surface area contributed by atoms with E-state index in [4.69, 9.17) is 19.7 Å². The van der Waals surface area contributed by atoms with Gasteiger partial charge < -0.3 is 19.7 Å². The van der Waals surface area contributed by atoms with Gasteiger partial charge in [0.1, 0.15) is 5.60 Å². The highest BCUT2D eigenvalue weighted by Gasteiger charge is 2.27. The minimum absolute atomic E-state index is 0.0701. The minimum atomic E-state index is -0.758. The molecular formula is C19H24N2O5. The molecule has 1 unspecified atom stereocenters. The zero-order valence-electron chi connectivity index (χ0n) is 15.7. The molecule has 0 amide bonds. The molecule has 1 aromatic heterocycles. The fraction of sp³-hybridized carbons (Fsp3) is 0.421. The molecule has 26 heavy (non-hydrogen) atoms. The van der Waals surface area contributed by atoms with Gasteiger partial charge in [-0.25, -0.2) is 4.79 Å². The molecule has 2 N–H and O–H groups in total. The van der Waals surface area contributed by atoms with Crippen molar-refractivity contribution in [1.29, 1.82) is 0 Å². The van der Waals surface area contributed by atoms with Crippen molar-refractivity contribution >= 4 is 11.9 Å². The lowest BCUT2D eigenvalue weighted by molar-refractivity contribution is -0.155. The van der Waals surface area contributed by atoms with Gasteiger partial charge >= 0.3 is 11.9 Å². The standard InChI is InChI=1S/C19H24N2O5/c1-11-16(12-8-6-7-9-13(12)18(23)24-5)17(26-21-11)14(20)10-15(22)25-19(2,3)4/h6-9,14H,10,20H2,1-5H3. The van der Waals surface area contributed by atoms with Crippen LogP contribution in [0, 0.1) is 6.92 Å². The van der Waals surface area contributed by atoms with E-state index in [1.165, 1.54) is 7.11 Å². The summed E-state index contributed by atoms with van der Waals surface area (Å²) in [5.74, 6) is -0.594. The number of aromatic nitrogens is 1. The summed E-state index contributed by atoms with van der Waals surface area (Å²) in [5, 5.41) is 3.96. The number of methoxy groups -OCH3 is 1. The average molecular weight is 360 g/mol. The highest BCUT2D eigenvalue weighted by Crippen LogP contribution is 2.34. The zero-order chi connectivity index (χ0) is 19.5. The van der Waals surface area contributed by atoms with Gasteiger partial charge in [-0.2, -0.15) is 0 Å². The van der Waals surface area contributed by atoms with Gasteiger partial charge in [0, 0.05) is 5.56 Å². The maximum absolute atomic E-state index is 12.1. The molecule has 140 valence electrons. The van der Waals surface area contributed by atoms with E-state index in [2.05, 4.69) is 5.16 Å². The maximum atomic E-state index is 12.1. The van der Waals surface area contributed by atoms with Crippen LogP contribution in [0.2, 0.25) is 0 Å². The Labute approximate surface area is 152 Å². The normalized spacial score (nSPS) is 12.5. The lowest BCUT2D eigenvalue weighted by atomic mass is 9.95. The van der Waals surface area contributed by atoms with Crippen LogP contribution in [0.1, 0.15) is 55.0 Å². The summed E-state index contributed by atoms with van der Waals surface area (Å²) in [5.41, 5.74) is 7.68. The molecule has 0 saturated heterocycles. The van der Waals surface area contributed by atoms with Gasteiger partial charge in [0.2, 0.25) is 0 Å². The van der Waals surface area contributed by atoms with E-state index in [1.807, 2.05) is 0 Å². The number of rotatable bonds is 5. The molecule has 0 aliphatic heterocycles. The number of esters is 2. The van der Waals surface area contributed by atoms with Crippen molar-refractivity contribution in [3.63, 3.8) is 0 Å². The summed E-state index contributed by atoms with van der Waals surface area (Å²) >= 11 is 0. The van der Waals surface area contributed by atoms with Crippen molar-refractivity contribution in [2.75, 3.05) is 7.11 Å². The smallest absolute Gasteiger partial charge is 0.338 e. The SMILES string of the molecule is COC(=O)c1ccccc1-c1c(C)noc1C(N)CC(=O)OC(C)(C)C. The zero-order valence-corrected chi connectivity index (χ0v) is 15.7. The number of aryl methyl sites for hydroxylation is 1. The number of carbonyl (C=O) groups is 2.